The van der Waals surface area contributed by atoms with Gasteiger partial charge in [0.25, 0.3) is 0 Å². The Morgan fingerprint density at radius 1 is 1.60 bits per heavy atom. The summed E-state index contributed by atoms with van der Waals surface area (Å²) in [5.74, 6) is -0.375. The van der Waals surface area contributed by atoms with Gasteiger partial charge in [-0.2, -0.15) is 0 Å². The third-order valence-corrected chi connectivity index (χ3v) is 1.96. The Morgan fingerprint density at radius 2 is 2.27 bits per heavy atom. The maximum atomic E-state index is 10.7. The van der Waals surface area contributed by atoms with Crippen molar-refractivity contribution in [1.29, 1.82) is 0 Å². The molecular formula is C8H10IO5Os. The molecule has 1 saturated heterocycles. The Kier molecular flexibility index (Phi) is 7.66. The fraction of sp³-hybridized carbons (Fsp3) is 0.625. The Hall–Kier alpha value is 0.266. The molecule has 0 aromatic carbocycles. The molecule has 15 heavy (non-hydrogen) atoms. The number of hydrogen-bond donors (Lipinski definition) is 0. The molecule has 0 N–H and O–H groups in total. The van der Waals surface area contributed by atoms with Gasteiger partial charge >= 0.3 is 29.7 Å². The van der Waals surface area contributed by atoms with E-state index in [9.17, 15) is 9.59 Å². The van der Waals surface area contributed by atoms with Crippen LogP contribution in [0.3, 0.4) is 0 Å². The molecule has 0 aromatic rings. The molecule has 1 rings (SSSR count). The summed E-state index contributed by atoms with van der Waals surface area (Å²) in [6.45, 7) is 2.98. The molecule has 2 atom stereocenters. The second kappa shape index (κ2) is 7.53. The molecule has 0 amide bonds. The van der Waals surface area contributed by atoms with Crippen molar-refractivity contribution < 1.29 is 43.6 Å². The summed E-state index contributed by atoms with van der Waals surface area (Å²) < 4.78 is 14.5. The number of rotatable bonds is 3. The minimum absolute atomic E-state index is 0. The van der Waals surface area contributed by atoms with E-state index in [1.807, 2.05) is 0 Å². The minimum atomic E-state index is -0.390. The van der Waals surface area contributed by atoms with E-state index in [1.165, 1.54) is 6.92 Å². The summed E-state index contributed by atoms with van der Waals surface area (Å²) in [6.07, 6.45) is -0.197. The molecule has 0 bridgehead atoms. The number of esters is 1. The molecule has 0 saturated carbocycles. The molecule has 87 valence electrons. The Bertz CT molecular complexity index is 235. The van der Waals surface area contributed by atoms with Crippen molar-refractivity contribution in [3.05, 3.63) is 6.61 Å². The number of carbonyl (C=O) groups excluding carboxylic acids is 2. The van der Waals surface area contributed by atoms with Crippen LogP contribution in [0.1, 0.15) is 13.3 Å². The van der Waals surface area contributed by atoms with Gasteiger partial charge in [-0.15, -0.1) is 6.42 Å². The van der Waals surface area contributed by atoms with E-state index < -0.39 is 0 Å². The van der Waals surface area contributed by atoms with Crippen molar-refractivity contribution in [3.63, 3.8) is 0 Å². The average Bonchev–Trinajstić information content (AvgIpc) is 2.47. The van der Waals surface area contributed by atoms with E-state index in [2.05, 4.69) is 0 Å². The molecule has 0 spiro atoms. The van der Waals surface area contributed by atoms with Gasteiger partial charge in [0.05, 0.1) is 28.7 Å². The van der Waals surface area contributed by atoms with Crippen LogP contribution in [0.25, 0.3) is 0 Å². The van der Waals surface area contributed by atoms with Crippen LogP contribution in [-0.2, 0) is 38.8 Å². The number of carbonyl (C=O) groups is 2. The van der Waals surface area contributed by atoms with Crippen LogP contribution in [-0.4, -0.2) is 28.8 Å². The van der Waals surface area contributed by atoms with Crippen molar-refractivity contribution in [2.75, 3.05) is 6.61 Å². The predicted molar refractivity (Wildman–Crippen MR) is 54.7 cm³/mol. The van der Waals surface area contributed by atoms with Crippen LogP contribution in [0.5, 0.6) is 0 Å². The average molecular weight is 503 g/mol. The monoisotopic (exact) mass is 505 g/mol. The summed E-state index contributed by atoms with van der Waals surface area (Å²) in [4.78, 5) is 21.2. The van der Waals surface area contributed by atoms with E-state index >= 15 is 0 Å². The predicted octanol–water partition coefficient (Wildman–Crippen LogP) is 1.44. The fourth-order valence-electron chi connectivity index (χ4n) is 1.10. The van der Waals surface area contributed by atoms with Crippen molar-refractivity contribution >= 4 is 32.5 Å². The van der Waals surface area contributed by atoms with Crippen molar-refractivity contribution in [1.82, 2.24) is 0 Å². The van der Waals surface area contributed by atoms with E-state index in [-0.39, 0.29) is 48.6 Å². The van der Waals surface area contributed by atoms with Gasteiger partial charge in [0.15, 0.2) is 0 Å². The Morgan fingerprint density at radius 3 is 2.80 bits per heavy atom. The first-order valence-corrected chi connectivity index (χ1v) is 5.14. The largest absolute Gasteiger partial charge is 1.00 e. The summed E-state index contributed by atoms with van der Waals surface area (Å²) >= 11 is 1.55. The van der Waals surface area contributed by atoms with E-state index in [0.717, 1.165) is 0 Å². The zero-order chi connectivity index (χ0) is 10.6. The number of ether oxygens (including phenoxy) is 3. The number of hydrogen-bond acceptors (Lipinski definition) is 5. The molecule has 5 nitrogen and oxygen atoms in total. The molecule has 0 aliphatic carbocycles. The summed E-state index contributed by atoms with van der Waals surface area (Å²) in [5.41, 5.74) is 0. The van der Waals surface area contributed by atoms with Gasteiger partial charge in [-0.05, 0) is 0 Å². The van der Waals surface area contributed by atoms with Gasteiger partial charge in [-0.3, -0.25) is 4.79 Å². The molecule has 7 heteroatoms. The van der Waals surface area contributed by atoms with Gasteiger partial charge in [-0.25, -0.2) is 11.4 Å². The topological polar surface area (TPSA) is 61.8 Å². The summed E-state index contributed by atoms with van der Waals surface area (Å²) in [6, 6.07) is 0. The third-order valence-electron chi connectivity index (χ3n) is 1.71. The summed E-state index contributed by atoms with van der Waals surface area (Å²) in [5, 5.41) is 0. The van der Waals surface area contributed by atoms with Gasteiger partial charge < -0.3 is 14.2 Å². The molecular weight excluding hydrogens is 493 g/mol. The van der Waals surface area contributed by atoms with E-state index in [1.54, 1.807) is 29.2 Å². The third kappa shape index (κ3) is 5.78. The van der Waals surface area contributed by atoms with E-state index in [0.29, 0.717) is 6.42 Å². The van der Waals surface area contributed by atoms with Crippen LogP contribution < -0.4 is 0 Å². The smallest absolute Gasteiger partial charge is 0.544 e. The molecule has 1 fully saturated rings. The SMILES string of the molecule is CC(=O)OC[C@H]1O[CH-]C[C@H]1OC(=O)I.[Os+]. The van der Waals surface area contributed by atoms with Gasteiger partial charge in [0, 0.05) is 6.92 Å². The molecule has 1 aliphatic heterocycles. The first kappa shape index (κ1) is 15.3. The zero-order valence-corrected chi connectivity index (χ0v) is 12.6. The Labute approximate surface area is 114 Å². The van der Waals surface area contributed by atoms with Crippen molar-refractivity contribution in [3.8, 4) is 0 Å². The first-order valence-electron chi connectivity index (χ1n) is 4.06. The molecule has 0 aromatic heterocycles. The van der Waals surface area contributed by atoms with Gasteiger partial charge in [-0.1, -0.05) is 0 Å². The van der Waals surface area contributed by atoms with Gasteiger partial charge in [0.1, 0.15) is 12.7 Å². The summed E-state index contributed by atoms with van der Waals surface area (Å²) in [7, 11) is 0. The first-order chi connectivity index (χ1) is 6.59. The van der Waals surface area contributed by atoms with Crippen LogP contribution in [0.2, 0.25) is 0 Å². The van der Waals surface area contributed by atoms with Crippen LogP contribution in [0.15, 0.2) is 0 Å². The quantitative estimate of drug-likeness (QED) is 0.253. The van der Waals surface area contributed by atoms with Crippen LogP contribution >= 0.6 is 22.6 Å². The van der Waals surface area contributed by atoms with Crippen LogP contribution in [0, 0.1) is 6.61 Å². The molecule has 1 aliphatic rings. The number of halogens is 1. The van der Waals surface area contributed by atoms with Gasteiger partial charge in [0.2, 0.25) is 0 Å². The molecule has 0 unspecified atom stereocenters. The fourth-order valence-corrected chi connectivity index (χ4v) is 1.43. The minimum Gasteiger partial charge on any atom is -0.544 e. The normalized spacial score (nSPS) is 24.1. The maximum absolute atomic E-state index is 10.7. The van der Waals surface area contributed by atoms with Crippen molar-refractivity contribution in [2.24, 2.45) is 0 Å². The van der Waals surface area contributed by atoms with Crippen molar-refractivity contribution in [2.45, 2.75) is 25.6 Å². The second-order valence-corrected chi connectivity index (χ2v) is 3.65. The van der Waals surface area contributed by atoms with E-state index in [4.69, 9.17) is 14.2 Å². The second-order valence-electron chi connectivity index (χ2n) is 2.77. The Balaban J connectivity index is 0.00000196. The standard InChI is InChI=1S/C8H10IO5.Os/c1-5(10)13-4-7-6(2-3-12-7)14-8(9)11;/h3,6-7H,2,4H2,1H3;/q-1;+1/t6-,7-;/m1./s1. The maximum Gasteiger partial charge on any atom is 1.00 e. The molecule has 1 radical (unpaired) electrons. The zero-order valence-electron chi connectivity index (χ0n) is 7.92. The molecule has 1 heterocycles. The van der Waals surface area contributed by atoms with Crippen LogP contribution in [0.4, 0.5) is 4.79 Å².